The third-order valence-electron chi connectivity index (χ3n) is 2.43. The number of imidazole rings is 1. The number of aliphatic hydroxyl groups is 2. The Balaban J connectivity index is 2.30. The molecule has 2 aromatic rings. The van der Waals surface area contributed by atoms with Crippen molar-refractivity contribution in [2.75, 3.05) is 7.11 Å². The van der Waals surface area contributed by atoms with Crippen molar-refractivity contribution >= 4 is 17.0 Å². The molecule has 17 heavy (non-hydrogen) atoms. The molecule has 1 aromatic carbocycles. The summed E-state index contributed by atoms with van der Waals surface area (Å²) in [6.07, 6.45) is -3.09. The van der Waals surface area contributed by atoms with Crippen molar-refractivity contribution in [1.82, 2.24) is 9.97 Å². The molecule has 0 unspecified atom stereocenters. The molecule has 2 rings (SSSR count). The fraction of sp³-hybridized carbons (Fsp3) is 0.273. The molecule has 0 bridgehead atoms. The minimum atomic E-state index is -1.65. The summed E-state index contributed by atoms with van der Waals surface area (Å²) in [5, 5.41) is 19.2. The van der Waals surface area contributed by atoms with E-state index >= 15 is 0 Å². The summed E-state index contributed by atoms with van der Waals surface area (Å²) in [6.45, 7) is 0. The number of methoxy groups -OCH3 is 1. The number of hydrogen-bond donors (Lipinski definition) is 3. The molecule has 2 atom stereocenters. The van der Waals surface area contributed by atoms with Crippen molar-refractivity contribution < 1.29 is 19.7 Å². The first-order valence-electron chi connectivity index (χ1n) is 5.02. The fourth-order valence-electron chi connectivity index (χ4n) is 1.51. The molecule has 0 amide bonds. The van der Waals surface area contributed by atoms with Crippen LogP contribution in [0.1, 0.15) is 11.9 Å². The maximum Gasteiger partial charge on any atom is 0.337 e. The van der Waals surface area contributed by atoms with Crippen LogP contribution in [0, 0.1) is 0 Å². The smallest absolute Gasteiger partial charge is 0.337 e. The van der Waals surface area contributed by atoms with E-state index < -0.39 is 18.2 Å². The van der Waals surface area contributed by atoms with Gasteiger partial charge in [0.25, 0.3) is 0 Å². The second kappa shape index (κ2) is 4.52. The minimum Gasteiger partial charge on any atom is -0.467 e. The quantitative estimate of drug-likeness (QED) is 0.658. The highest BCUT2D eigenvalue weighted by Gasteiger charge is 2.28. The van der Waals surface area contributed by atoms with Gasteiger partial charge in [-0.05, 0) is 12.1 Å². The number of benzene rings is 1. The number of hydrogen-bond acceptors (Lipinski definition) is 5. The number of rotatable bonds is 3. The minimum absolute atomic E-state index is 0.129. The number of esters is 1. The molecule has 1 heterocycles. The lowest BCUT2D eigenvalue weighted by molar-refractivity contribution is -0.157. The number of fused-ring (bicyclic) bond motifs is 1. The van der Waals surface area contributed by atoms with Crippen LogP contribution in [0.5, 0.6) is 0 Å². The zero-order valence-electron chi connectivity index (χ0n) is 9.12. The van der Waals surface area contributed by atoms with Crippen LogP contribution >= 0.6 is 0 Å². The summed E-state index contributed by atoms with van der Waals surface area (Å²) in [7, 11) is 1.14. The molecule has 90 valence electrons. The average Bonchev–Trinajstić information content (AvgIpc) is 2.79. The predicted molar refractivity (Wildman–Crippen MR) is 59.1 cm³/mol. The van der Waals surface area contributed by atoms with Gasteiger partial charge in [-0.25, -0.2) is 9.78 Å². The summed E-state index contributed by atoms with van der Waals surface area (Å²) in [4.78, 5) is 18.0. The molecular formula is C11H12N2O4. The van der Waals surface area contributed by atoms with Gasteiger partial charge in [0.2, 0.25) is 0 Å². The van der Waals surface area contributed by atoms with Crippen molar-refractivity contribution in [2.24, 2.45) is 0 Å². The normalized spacial score (nSPS) is 14.5. The van der Waals surface area contributed by atoms with Gasteiger partial charge in [-0.15, -0.1) is 0 Å². The van der Waals surface area contributed by atoms with E-state index in [9.17, 15) is 15.0 Å². The maximum absolute atomic E-state index is 11.1. The highest BCUT2D eigenvalue weighted by atomic mass is 16.5. The second-order valence-corrected chi connectivity index (χ2v) is 3.55. The number of aromatic nitrogens is 2. The van der Waals surface area contributed by atoms with Crippen LogP contribution in [0.4, 0.5) is 0 Å². The van der Waals surface area contributed by atoms with E-state index in [1.807, 2.05) is 6.07 Å². The summed E-state index contributed by atoms with van der Waals surface area (Å²) in [5.74, 6) is -0.776. The molecule has 0 fully saturated rings. The lowest BCUT2D eigenvalue weighted by Gasteiger charge is -2.12. The standard InChI is InChI=1S/C11H12N2O4/c1-17-11(16)9(15)8(14)10-12-6-4-2-3-5-7(6)13-10/h2-5,8-9,14-15H,1H3,(H,12,13)/t8-,9-/m0/s1. The van der Waals surface area contributed by atoms with E-state index in [2.05, 4.69) is 14.7 Å². The topological polar surface area (TPSA) is 95.4 Å². The van der Waals surface area contributed by atoms with E-state index in [-0.39, 0.29) is 5.82 Å². The molecule has 0 aliphatic carbocycles. The summed E-state index contributed by atoms with van der Waals surface area (Å²) >= 11 is 0. The molecule has 1 aromatic heterocycles. The molecule has 0 radical (unpaired) electrons. The molecule has 6 heteroatoms. The lowest BCUT2D eigenvalue weighted by Crippen LogP contribution is -2.29. The molecule has 0 spiro atoms. The molecule has 0 saturated carbocycles. The van der Waals surface area contributed by atoms with Crippen molar-refractivity contribution in [2.45, 2.75) is 12.2 Å². The van der Waals surface area contributed by atoms with Gasteiger partial charge in [0.1, 0.15) is 11.9 Å². The number of H-pyrrole nitrogens is 1. The van der Waals surface area contributed by atoms with E-state index in [0.29, 0.717) is 5.52 Å². The molecule has 6 nitrogen and oxygen atoms in total. The Morgan fingerprint density at radius 3 is 2.76 bits per heavy atom. The van der Waals surface area contributed by atoms with Crippen molar-refractivity contribution in [3.8, 4) is 0 Å². The SMILES string of the molecule is COC(=O)[C@@H](O)[C@H](O)c1nc2ccccc2[nH]1. The largest absolute Gasteiger partial charge is 0.467 e. The Hall–Kier alpha value is -1.92. The number of nitrogens with zero attached hydrogens (tertiary/aromatic N) is 1. The average molecular weight is 236 g/mol. The zero-order chi connectivity index (χ0) is 12.4. The Morgan fingerprint density at radius 2 is 2.12 bits per heavy atom. The number of ether oxygens (including phenoxy) is 1. The van der Waals surface area contributed by atoms with Gasteiger partial charge in [-0.2, -0.15) is 0 Å². The summed E-state index contributed by atoms with van der Waals surface area (Å²) in [5.41, 5.74) is 1.37. The Bertz CT molecular complexity index is 504. The van der Waals surface area contributed by atoms with Crippen molar-refractivity contribution in [3.63, 3.8) is 0 Å². The molecule has 3 N–H and O–H groups in total. The van der Waals surface area contributed by atoms with Gasteiger partial charge in [0, 0.05) is 0 Å². The molecule has 0 saturated heterocycles. The molecule has 0 aliphatic heterocycles. The van der Waals surface area contributed by atoms with Crippen LogP contribution in [-0.4, -0.2) is 39.4 Å². The fourth-order valence-corrected chi connectivity index (χ4v) is 1.51. The molecular weight excluding hydrogens is 224 g/mol. The van der Waals surface area contributed by atoms with Gasteiger partial charge in [-0.3, -0.25) is 0 Å². The number of carbonyl (C=O) groups is 1. The van der Waals surface area contributed by atoms with Crippen molar-refractivity contribution in [1.29, 1.82) is 0 Å². The third kappa shape index (κ3) is 2.13. The van der Waals surface area contributed by atoms with Gasteiger partial charge in [0.05, 0.1) is 18.1 Å². The highest BCUT2D eigenvalue weighted by Crippen LogP contribution is 2.18. The Morgan fingerprint density at radius 1 is 1.41 bits per heavy atom. The lowest BCUT2D eigenvalue weighted by atomic mass is 10.2. The number of aromatic amines is 1. The monoisotopic (exact) mass is 236 g/mol. The first-order chi connectivity index (χ1) is 8.13. The van der Waals surface area contributed by atoms with Crippen LogP contribution in [0.15, 0.2) is 24.3 Å². The Labute approximate surface area is 96.9 Å². The second-order valence-electron chi connectivity index (χ2n) is 3.55. The van der Waals surface area contributed by atoms with Crippen LogP contribution < -0.4 is 0 Å². The van der Waals surface area contributed by atoms with E-state index in [4.69, 9.17) is 0 Å². The van der Waals surface area contributed by atoms with E-state index in [0.717, 1.165) is 12.6 Å². The Kier molecular flexibility index (Phi) is 3.08. The van der Waals surface area contributed by atoms with E-state index in [1.54, 1.807) is 18.2 Å². The maximum atomic E-state index is 11.1. The van der Waals surface area contributed by atoms with Gasteiger partial charge < -0.3 is 19.9 Å². The number of carbonyl (C=O) groups excluding carboxylic acids is 1. The van der Waals surface area contributed by atoms with Crippen molar-refractivity contribution in [3.05, 3.63) is 30.1 Å². The number of para-hydroxylation sites is 2. The molecule has 0 aliphatic rings. The van der Waals surface area contributed by atoms with Crippen LogP contribution in [0.2, 0.25) is 0 Å². The number of aliphatic hydroxyl groups excluding tert-OH is 2. The predicted octanol–water partition coefficient (Wildman–Crippen LogP) is 0.130. The van der Waals surface area contributed by atoms with Gasteiger partial charge in [-0.1, -0.05) is 12.1 Å². The van der Waals surface area contributed by atoms with Crippen LogP contribution in [0.3, 0.4) is 0 Å². The summed E-state index contributed by atoms with van der Waals surface area (Å²) < 4.78 is 4.34. The first-order valence-corrected chi connectivity index (χ1v) is 5.02. The van der Waals surface area contributed by atoms with Crippen LogP contribution in [0.25, 0.3) is 11.0 Å². The summed E-state index contributed by atoms with van der Waals surface area (Å²) in [6, 6.07) is 7.15. The van der Waals surface area contributed by atoms with E-state index in [1.165, 1.54) is 0 Å². The first kappa shape index (κ1) is 11.6. The van der Waals surface area contributed by atoms with Gasteiger partial charge in [0.15, 0.2) is 6.10 Å². The van der Waals surface area contributed by atoms with Crippen LogP contribution in [-0.2, 0) is 9.53 Å². The third-order valence-corrected chi connectivity index (χ3v) is 2.43. The number of nitrogens with one attached hydrogen (secondary N) is 1. The van der Waals surface area contributed by atoms with Gasteiger partial charge >= 0.3 is 5.97 Å². The highest BCUT2D eigenvalue weighted by molar-refractivity contribution is 5.77. The zero-order valence-corrected chi connectivity index (χ0v) is 9.12.